The summed E-state index contributed by atoms with van der Waals surface area (Å²) < 4.78 is 143. The Bertz CT molecular complexity index is 2990. The van der Waals surface area contributed by atoms with Crippen molar-refractivity contribution < 1.29 is 185 Å². The second-order valence-corrected chi connectivity index (χ2v) is 38.0. The Kier molecular flexibility index (Phi) is 30.5. The molecule has 16 N–H and O–H groups in total. The van der Waals surface area contributed by atoms with Crippen molar-refractivity contribution in [2.45, 2.75) is 282 Å². The van der Waals surface area contributed by atoms with Crippen molar-refractivity contribution in [1.82, 2.24) is 14.0 Å². The van der Waals surface area contributed by atoms with Crippen molar-refractivity contribution in [2.75, 3.05) is 98.7 Å². The molecule has 0 aromatic heterocycles. The molecule has 22 rings (SSSR count). The topological polar surface area (TPSA) is 536 Å². The molecule has 22 heterocycles. The zero-order valence-electron chi connectivity index (χ0n) is 59.9. The molecule has 0 spiro atoms. The average molecular weight is 1670 g/mol. The zero-order valence-corrected chi connectivity index (χ0v) is 65.1. The van der Waals surface area contributed by atoms with Crippen molar-refractivity contribution in [3.63, 3.8) is 0 Å². The van der Waals surface area contributed by atoms with Crippen LogP contribution in [0.25, 0.3) is 0 Å². The third-order valence-corrected chi connectivity index (χ3v) is 31.2. The molecule has 0 amide bonds. The molecule has 22 aliphatic rings. The predicted octanol–water partition coefficient (Wildman–Crippen LogP) is -7.21. The second kappa shape index (κ2) is 37.1. The lowest BCUT2D eigenvalue weighted by molar-refractivity contribution is -0.396. The zero-order chi connectivity index (χ0) is 77.7. The van der Waals surface area contributed by atoms with Crippen LogP contribution in [-0.2, 0) is 138 Å². The number of ether oxygens (including phenoxy) is 16. The highest BCUT2D eigenvalue weighted by molar-refractivity contribution is 8.09. The highest BCUT2D eigenvalue weighted by Gasteiger charge is 2.61. The Hall–Kier alpha value is 0.310. The van der Waals surface area contributed by atoms with Gasteiger partial charge >= 0.3 is 0 Å². The Balaban J connectivity index is 0.971. The first-order valence-electron chi connectivity index (χ1n) is 35.9. The van der Waals surface area contributed by atoms with E-state index >= 15 is 0 Å². The third kappa shape index (κ3) is 18.6. The van der Waals surface area contributed by atoms with Crippen LogP contribution in [0, 0.1) is 0 Å². The van der Waals surface area contributed by atoms with E-state index in [4.69, 9.17) is 138 Å². The summed E-state index contributed by atoms with van der Waals surface area (Å²) in [6.45, 7) is -1.39. The minimum atomic E-state index is -3.85. The van der Waals surface area contributed by atoms with Gasteiger partial charge in [-0.25, -0.2) is 14.0 Å². The smallest absolute Gasteiger partial charge is 0.264 e. The van der Waals surface area contributed by atoms with Gasteiger partial charge in [0, 0.05) is 39.3 Å². The summed E-state index contributed by atoms with van der Waals surface area (Å²) >= 11 is 18.5. The number of nitrogens with zero attached hydrogens (tertiary/aromatic N) is 3. The minimum Gasteiger partial charge on any atom is -0.394 e. The molecule has 47 heteroatoms. The van der Waals surface area contributed by atoms with E-state index in [-0.39, 0.29) is 52.5 Å². The Morgan fingerprint density at radius 3 is 0.888 bits per heavy atom. The molecule has 622 valence electrons. The molecule has 0 radical (unpaired) electrons. The van der Waals surface area contributed by atoms with Gasteiger partial charge in [0.2, 0.25) is 0 Å². The van der Waals surface area contributed by atoms with Gasteiger partial charge in [0.1, 0.15) is 177 Å². The van der Waals surface area contributed by atoms with Crippen molar-refractivity contribution >= 4 is 55.3 Å². The predicted molar refractivity (Wildman–Crippen MR) is 365 cm³/mol. The SMILES string of the molecule is CCN(CC)P(=S)(OCC1COC(C)(C)O1)OCC1OC2OC3C4COP(=S)(N(CC)CC)OCC5OC(OC6C7COP(=S)(N(CC)CC)OCC8OC(OC9C(CO)OC(OC%10C(CO)OC(OC1C(O)C2O)C(O)C%10O)C(O)C9O)C(O)C(O)C8OC(O7)C(O)C6O)C(O)C(O)C5OC(O4)C(O)C3O. The summed E-state index contributed by atoms with van der Waals surface area (Å²) in [5.74, 6) is -0.963. The van der Waals surface area contributed by atoms with E-state index in [1.807, 2.05) is 0 Å². The molecule has 18 bridgehead atoms. The van der Waals surface area contributed by atoms with Gasteiger partial charge < -0.3 is 185 Å². The molecule has 39 unspecified atom stereocenters. The molecule has 0 saturated carbocycles. The van der Waals surface area contributed by atoms with E-state index in [2.05, 4.69) is 0 Å². The number of hydrogen-bond donors (Lipinski definition) is 16. The van der Waals surface area contributed by atoms with Gasteiger partial charge in [-0.2, -0.15) is 0 Å². The fourth-order valence-corrected chi connectivity index (χ4v) is 23.0. The van der Waals surface area contributed by atoms with Crippen LogP contribution < -0.4 is 0 Å². The van der Waals surface area contributed by atoms with E-state index < -0.39 is 293 Å². The molecule has 107 heavy (non-hydrogen) atoms. The fourth-order valence-electron chi connectivity index (χ4n) is 14.5. The van der Waals surface area contributed by atoms with Gasteiger partial charge in [0.25, 0.3) is 19.9 Å². The summed E-state index contributed by atoms with van der Waals surface area (Å²) in [6.07, 6.45) is -70.2. The first-order valence-corrected chi connectivity index (χ1v) is 43.7. The fraction of sp³-hybridized carbons (Fsp3) is 1.00. The minimum absolute atomic E-state index is 0.126. The molecule has 41 nitrogen and oxygen atoms in total. The van der Waals surface area contributed by atoms with E-state index in [1.165, 1.54) is 0 Å². The molecule has 0 aliphatic carbocycles. The van der Waals surface area contributed by atoms with Crippen LogP contribution >= 0.6 is 19.9 Å². The second-order valence-electron chi connectivity index (χ2n) is 27.8. The van der Waals surface area contributed by atoms with Crippen LogP contribution in [0.2, 0.25) is 0 Å². The van der Waals surface area contributed by atoms with Crippen LogP contribution in [0.5, 0.6) is 0 Å². The Morgan fingerprint density at radius 1 is 0.355 bits per heavy atom. The van der Waals surface area contributed by atoms with E-state index in [9.17, 15) is 81.7 Å². The maximum atomic E-state index is 12.4. The van der Waals surface area contributed by atoms with Crippen molar-refractivity contribution in [1.29, 1.82) is 0 Å². The monoisotopic (exact) mass is 1670 g/mol. The number of fused-ring (bicyclic) bond motifs is 2. The van der Waals surface area contributed by atoms with Crippen molar-refractivity contribution in [2.24, 2.45) is 0 Å². The largest absolute Gasteiger partial charge is 0.394 e. The number of aliphatic hydroxyl groups excluding tert-OH is 16. The Labute approximate surface area is 632 Å². The summed E-state index contributed by atoms with van der Waals surface area (Å²) in [5.41, 5.74) is 0. The molecule has 22 fully saturated rings. The maximum Gasteiger partial charge on any atom is 0.264 e. The van der Waals surface area contributed by atoms with Crippen LogP contribution in [0.15, 0.2) is 0 Å². The number of rotatable bonds is 17. The van der Waals surface area contributed by atoms with Crippen LogP contribution in [0.1, 0.15) is 55.4 Å². The van der Waals surface area contributed by atoms with Crippen LogP contribution in [0.4, 0.5) is 0 Å². The quantitative estimate of drug-likeness (QED) is 0.0602. The Morgan fingerprint density at radius 2 is 0.617 bits per heavy atom. The van der Waals surface area contributed by atoms with Gasteiger partial charge in [-0.05, 0) is 49.3 Å². The lowest BCUT2D eigenvalue weighted by atomic mass is 9.95. The van der Waals surface area contributed by atoms with E-state index in [0.717, 1.165) is 0 Å². The third-order valence-electron chi connectivity index (χ3n) is 20.6. The summed E-state index contributed by atoms with van der Waals surface area (Å²) in [7, 11) is 0. The molecular weight excluding hydrogens is 1560 g/mol. The molecule has 0 aromatic carbocycles. The van der Waals surface area contributed by atoms with Gasteiger partial charge in [0.05, 0.1) is 59.5 Å². The van der Waals surface area contributed by atoms with Crippen molar-refractivity contribution in [3.8, 4) is 0 Å². The summed E-state index contributed by atoms with van der Waals surface area (Å²) in [6, 6.07) is 0. The first-order chi connectivity index (χ1) is 50.7. The molecule has 22 aliphatic heterocycles. The molecule has 0 aromatic rings. The van der Waals surface area contributed by atoms with Crippen LogP contribution in [-0.4, -0.2) is 421 Å². The molecule has 39 atom stereocenters. The van der Waals surface area contributed by atoms with Gasteiger partial charge in [-0.15, -0.1) is 0 Å². The normalized spacial score (nSPS) is 50.2. The van der Waals surface area contributed by atoms with Crippen LogP contribution in [0.3, 0.4) is 0 Å². The van der Waals surface area contributed by atoms with Gasteiger partial charge in [-0.3, -0.25) is 0 Å². The highest BCUT2D eigenvalue weighted by Crippen LogP contribution is 2.57. The summed E-state index contributed by atoms with van der Waals surface area (Å²) in [5, 5.41) is 191. The van der Waals surface area contributed by atoms with Gasteiger partial charge in [-0.1, -0.05) is 41.5 Å². The average Bonchev–Trinajstić information content (AvgIpc) is 1.67. The van der Waals surface area contributed by atoms with Gasteiger partial charge in [0.15, 0.2) is 49.8 Å². The number of hydrogen-bond acceptors (Lipinski definition) is 41. The van der Waals surface area contributed by atoms with E-state index in [0.29, 0.717) is 0 Å². The lowest BCUT2D eigenvalue weighted by Gasteiger charge is -2.50. The summed E-state index contributed by atoms with van der Waals surface area (Å²) in [4.78, 5) is 0. The maximum absolute atomic E-state index is 12.4. The first kappa shape index (κ1) is 88.1. The molecular formula is C60H106N3O38P3S3. The standard InChI is InChI=1S/C60H106N3O38P3S3/c1-9-61(10-2)102(105,81-18-24-17-80-60(7,8)101-24)82-19-27-48-35(69)42(76)56(90-27)98-50-29-22-85-104(107,63(13-5)14-6)86-23-31-52(100-58(92-29)44(78)37(50)71)38(72)45(79)59(93-31)99-51-30-21-84-103(106,62(11-3)12-4)83-20-28-49(97-57(91-30)43(77)36(51)70)34(68)41(75)55(89-28)95-47-26(16-65)87-53(39(73)32(47)66)94-46-25(15-64)88-54(96-48)40(74)33(46)67/h24-59,64-79H,9-23H2,1-8H3. The van der Waals surface area contributed by atoms with Crippen molar-refractivity contribution in [3.05, 3.63) is 0 Å². The van der Waals surface area contributed by atoms with E-state index in [1.54, 1.807) is 69.4 Å². The lowest BCUT2D eigenvalue weighted by Crippen LogP contribution is -2.68. The highest BCUT2D eigenvalue weighted by atomic mass is 32.5. The molecule has 22 saturated heterocycles. The number of aliphatic hydroxyl groups is 16.